The van der Waals surface area contributed by atoms with Gasteiger partial charge in [0.05, 0.1) is 5.60 Å². The molecule has 0 unspecified atom stereocenters. The lowest BCUT2D eigenvalue weighted by Crippen LogP contribution is -2.54. The number of aliphatic hydroxyl groups excluding tert-OH is 1. The Bertz CT molecular complexity index is 582. The van der Waals surface area contributed by atoms with Crippen molar-refractivity contribution in [2.75, 3.05) is 6.61 Å². The molecule has 4 saturated carbocycles. The second-order valence-electron chi connectivity index (χ2n) is 9.91. The first-order chi connectivity index (χ1) is 11.8. The Morgan fingerprint density at radius 1 is 1.08 bits per heavy atom. The fraction of sp³-hybridized carbons (Fsp3) is 0.905. The zero-order chi connectivity index (χ0) is 18.0. The lowest BCUT2D eigenvalue weighted by molar-refractivity contribution is -0.150. The number of aliphatic hydroxyl groups is 2. The predicted octanol–water partition coefficient (Wildman–Crippen LogP) is 2.75. The highest BCUT2D eigenvalue weighted by Crippen LogP contribution is 2.64. The van der Waals surface area contributed by atoms with Crippen molar-refractivity contribution in [2.45, 2.75) is 70.8 Å². The highest BCUT2D eigenvalue weighted by atomic mass is 16.3. The second kappa shape index (κ2) is 5.88. The molecule has 4 rings (SSSR count). The highest BCUT2D eigenvalue weighted by Gasteiger charge is 2.60. The molecule has 0 saturated heterocycles. The van der Waals surface area contributed by atoms with E-state index in [1.165, 1.54) is 0 Å². The molecule has 0 aromatic rings. The van der Waals surface area contributed by atoms with Crippen molar-refractivity contribution in [3.05, 3.63) is 0 Å². The zero-order valence-electron chi connectivity index (χ0n) is 15.5. The average molecular weight is 348 g/mol. The molecule has 140 valence electrons. The molecule has 4 heteroatoms. The molecule has 0 aromatic carbocycles. The van der Waals surface area contributed by atoms with Gasteiger partial charge < -0.3 is 10.2 Å². The number of carbonyl (C=O) groups is 2. The van der Waals surface area contributed by atoms with Gasteiger partial charge in [0.15, 0.2) is 5.78 Å². The Kier molecular flexibility index (Phi) is 4.16. The van der Waals surface area contributed by atoms with Crippen LogP contribution in [0.15, 0.2) is 0 Å². The summed E-state index contributed by atoms with van der Waals surface area (Å²) < 4.78 is 0. The Morgan fingerprint density at radius 3 is 2.52 bits per heavy atom. The summed E-state index contributed by atoms with van der Waals surface area (Å²) >= 11 is 0. The molecule has 0 heterocycles. The van der Waals surface area contributed by atoms with Gasteiger partial charge >= 0.3 is 0 Å². The van der Waals surface area contributed by atoms with Gasteiger partial charge in [-0.15, -0.1) is 0 Å². The lowest BCUT2D eigenvalue weighted by Gasteiger charge is -2.56. The van der Waals surface area contributed by atoms with Gasteiger partial charge in [-0.25, -0.2) is 0 Å². The topological polar surface area (TPSA) is 74.6 Å². The zero-order valence-corrected chi connectivity index (χ0v) is 15.5. The monoisotopic (exact) mass is 348 g/mol. The summed E-state index contributed by atoms with van der Waals surface area (Å²) in [4.78, 5) is 25.2. The second-order valence-corrected chi connectivity index (χ2v) is 9.91. The molecule has 0 bridgehead atoms. The molecule has 8 atom stereocenters. The van der Waals surface area contributed by atoms with Crippen molar-refractivity contribution in [1.82, 2.24) is 0 Å². The van der Waals surface area contributed by atoms with E-state index in [-0.39, 0.29) is 29.6 Å². The summed E-state index contributed by atoms with van der Waals surface area (Å²) in [5.41, 5.74) is -0.715. The highest BCUT2D eigenvalue weighted by molar-refractivity contribution is 5.84. The molecule has 2 N–H and O–H groups in total. The summed E-state index contributed by atoms with van der Waals surface area (Å²) in [7, 11) is 0. The van der Waals surface area contributed by atoms with E-state index in [1.54, 1.807) is 0 Å². The summed E-state index contributed by atoms with van der Waals surface area (Å²) in [6.07, 6.45) is 7.09. The maximum absolute atomic E-state index is 12.9. The standard InChI is InChI=1S/C21H32O4/c1-20(25)7-5-13-12-6-8-21(2)16(3-4-17(21)19(24)11-22)14(12)9-18(23)15(13)10-20/h12-17,22,25H,3-11H2,1-2H3/t12-,13-,14-,15+,16+,17-,20-,21+/m1/s1. The number of ketones is 2. The molecule has 4 aliphatic rings. The first-order valence-electron chi connectivity index (χ1n) is 10.2. The van der Waals surface area contributed by atoms with Gasteiger partial charge in [0.1, 0.15) is 12.4 Å². The molecule has 0 amide bonds. The van der Waals surface area contributed by atoms with Crippen LogP contribution >= 0.6 is 0 Å². The molecule has 4 aliphatic carbocycles. The van der Waals surface area contributed by atoms with Gasteiger partial charge in [-0.05, 0) is 81.0 Å². The fourth-order valence-electron chi connectivity index (χ4n) is 7.44. The first kappa shape index (κ1) is 17.7. The van der Waals surface area contributed by atoms with E-state index in [0.717, 1.165) is 38.5 Å². The van der Waals surface area contributed by atoms with Gasteiger partial charge in [-0.3, -0.25) is 9.59 Å². The van der Waals surface area contributed by atoms with Gasteiger partial charge in [0.2, 0.25) is 0 Å². The Hall–Kier alpha value is -0.740. The van der Waals surface area contributed by atoms with E-state index in [0.29, 0.717) is 42.3 Å². The molecular weight excluding hydrogens is 316 g/mol. The molecule has 0 aromatic heterocycles. The smallest absolute Gasteiger partial charge is 0.161 e. The summed E-state index contributed by atoms with van der Waals surface area (Å²) in [6, 6.07) is 0. The maximum Gasteiger partial charge on any atom is 0.161 e. The van der Waals surface area contributed by atoms with Crippen molar-refractivity contribution in [3.8, 4) is 0 Å². The largest absolute Gasteiger partial charge is 0.390 e. The van der Waals surface area contributed by atoms with Crippen LogP contribution in [-0.4, -0.2) is 34.0 Å². The first-order valence-corrected chi connectivity index (χ1v) is 10.2. The van der Waals surface area contributed by atoms with Crippen LogP contribution in [-0.2, 0) is 9.59 Å². The number of hydrogen-bond acceptors (Lipinski definition) is 4. The van der Waals surface area contributed by atoms with E-state index in [4.69, 9.17) is 0 Å². The third kappa shape index (κ3) is 2.63. The van der Waals surface area contributed by atoms with Gasteiger partial charge in [0.25, 0.3) is 0 Å². The average Bonchev–Trinajstić information content (AvgIpc) is 2.91. The van der Waals surface area contributed by atoms with E-state index in [9.17, 15) is 19.8 Å². The van der Waals surface area contributed by atoms with Crippen molar-refractivity contribution < 1.29 is 19.8 Å². The lowest BCUT2D eigenvalue weighted by atomic mass is 9.48. The van der Waals surface area contributed by atoms with Crippen molar-refractivity contribution in [3.63, 3.8) is 0 Å². The quantitative estimate of drug-likeness (QED) is 0.805. The van der Waals surface area contributed by atoms with Crippen LogP contribution in [0.25, 0.3) is 0 Å². The van der Waals surface area contributed by atoms with Crippen LogP contribution in [0.5, 0.6) is 0 Å². The summed E-state index contributed by atoms with van der Waals surface area (Å²) in [5.74, 6) is 2.24. The Balaban J connectivity index is 1.59. The number of Topliss-reactive ketones (excluding diaryl/α,β-unsaturated/α-hetero) is 2. The molecule has 4 nitrogen and oxygen atoms in total. The molecule has 0 spiro atoms. The summed E-state index contributed by atoms with van der Waals surface area (Å²) in [5, 5.41) is 19.8. The number of carbonyl (C=O) groups excluding carboxylic acids is 2. The minimum atomic E-state index is -0.682. The van der Waals surface area contributed by atoms with Crippen LogP contribution in [0.1, 0.15) is 65.2 Å². The van der Waals surface area contributed by atoms with Crippen LogP contribution in [0.3, 0.4) is 0 Å². The number of fused-ring (bicyclic) bond motifs is 5. The third-order valence-corrected chi connectivity index (χ3v) is 8.63. The molecule has 0 radical (unpaired) electrons. The molecule has 0 aliphatic heterocycles. The SMILES string of the molecule is C[C@@]1(O)CC[C@@H]2[C@H]3CC[C@]4(C)[C@@H](C(=O)CO)CC[C@H]4[C@@H]3CC(=O)[C@H]2C1. The maximum atomic E-state index is 12.9. The van der Waals surface area contributed by atoms with Crippen LogP contribution in [0.2, 0.25) is 0 Å². The minimum Gasteiger partial charge on any atom is -0.390 e. The molecule has 25 heavy (non-hydrogen) atoms. The van der Waals surface area contributed by atoms with Crippen molar-refractivity contribution >= 4 is 11.6 Å². The molecular formula is C21H32O4. The van der Waals surface area contributed by atoms with Crippen LogP contribution in [0, 0.1) is 40.9 Å². The fourth-order valence-corrected chi connectivity index (χ4v) is 7.44. The van der Waals surface area contributed by atoms with Gasteiger partial charge in [-0.1, -0.05) is 6.92 Å². The molecule has 4 fully saturated rings. The van der Waals surface area contributed by atoms with E-state index < -0.39 is 5.60 Å². The Morgan fingerprint density at radius 2 is 1.80 bits per heavy atom. The normalized spacial score (nSPS) is 52.2. The van der Waals surface area contributed by atoms with E-state index >= 15 is 0 Å². The minimum absolute atomic E-state index is 0.00261. The third-order valence-electron chi connectivity index (χ3n) is 8.63. The van der Waals surface area contributed by atoms with E-state index in [2.05, 4.69) is 6.92 Å². The summed E-state index contributed by atoms with van der Waals surface area (Å²) in [6.45, 7) is 3.77. The van der Waals surface area contributed by atoms with Gasteiger partial charge in [0, 0.05) is 18.3 Å². The number of rotatable bonds is 2. The van der Waals surface area contributed by atoms with Crippen molar-refractivity contribution in [1.29, 1.82) is 0 Å². The van der Waals surface area contributed by atoms with E-state index in [1.807, 2.05) is 6.92 Å². The number of hydrogen-bond donors (Lipinski definition) is 2. The van der Waals surface area contributed by atoms with Crippen LogP contribution < -0.4 is 0 Å². The Labute approximate surface area is 150 Å². The van der Waals surface area contributed by atoms with Gasteiger partial charge in [-0.2, -0.15) is 0 Å². The predicted molar refractivity (Wildman–Crippen MR) is 93.7 cm³/mol. The van der Waals surface area contributed by atoms with Crippen molar-refractivity contribution in [2.24, 2.45) is 40.9 Å². The van der Waals surface area contributed by atoms with Crippen LogP contribution in [0.4, 0.5) is 0 Å².